The van der Waals surface area contributed by atoms with Gasteiger partial charge in [-0.15, -0.1) is 0 Å². The maximum atomic E-state index is 13.0. The standard InChI is InChI=1S/C22H22FN3O4S/c1-2-3-14-24-22(27)16-4-13-21(25-15-16)30-19-9-7-18(8-10-19)26-31(28,29)20-11-5-17(23)6-12-20/h4-13,15,26H,2-3,14H2,1H3,(H,24,27). The van der Waals surface area contributed by atoms with E-state index < -0.39 is 15.8 Å². The molecule has 0 bridgehead atoms. The summed E-state index contributed by atoms with van der Waals surface area (Å²) in [4.78, 5) is 16.1. The summed E-state index contributed by atoms with van der Waals surface area (Å²) in [6, 6.07) is 14.0. The maximum absolute atomic E-state index is 13.0. The third kappa shape index (κ3) is 6.26. The van der Waals surface area contributed by atoms with Gasteiger partial charge in [-0.3, -0.25) is 9.52 Å². The Bertz CT molecular complexity index is 1120. The molecule has 9 heteroatoms. The number of ether oxygens (including phenoxy) is 1. The monoisotopic (exact) mass is 443 g/mol. The van der Waals surface area contributed by atoms with Crippen molar-refractivity contribution in [1.82, 2.24) is 10.3 Å². The van der Waals surface area contributed by atoms with E-state index in [-0.39, 0.29) is 10.8 Å². The number of anilines is 1. The molecule has 0 saturated carbocycles. The topological polar surface area (TPSA) is 97.4 Å². The van der Waals surface area contributed by atoms with E-state index >= 15 is 0 Å². The Balaban J connectivity index is 1.60. The van der Waals surface area contributed by atoms with Gasteiger partial charge < -0.3 is 10.1 Å². The molecule has 0 saturated heterocycles. The average Bonchev–Trinajstić information content (AvgIpc) is 2.76. The van der Waals surface area contributed by atoms with Crippen LogP contribution in [0.3, 0.4) is 0 Å². The van der Waals surface area contributed by atoms with Crippen molar-refractivity contribution in [3.63, 3.8) is 0 Å². The van der Waals surface area contributed by atoms with Crippen molar-refractivity contribution in [3.05, 3.63) is 78.2 Å². The molecule has 162 valence electrons. The number of rotatable bonds is 9. The zero-order valence-corrected chi connectivity index (χ0v) is 17.7. The van der Waals surface area contributed by atoms with Crippen LogP contribution in [-0.2, 0) is 10.0 Å². The summed E-state index contributed by atoms with van der Waals surface area (Å²) in [5, 5.41) is 2.81. The molecule has 0 aliphatic rings. The number of carbonyl (C=O) groups excluding carboxylic acids is 1. The van der Waals surface area contributed by atoms with Crippen LogP contribution in [0.2, 0.25) is 0 Å². The van der Waals surface area contributed by atoms with Crippen LogP contribution in [0.15, 0.2) is 71.8 Å². The smallest absolute Gasteiger partial charge is 0.261 e. The largest absolute Gasteiger partial charge is 0.439 e. The quantitative estimate of drug-likeness (QED) is 0.480. The summed E-state index contributed by atoms with van der Waals surface area (Å²) in [7, 11) is -3.83. The van der Waals surface area contributed by atoms with E-state index in [1.54, 1.807) is 24.3 Å². The van der Waals surface area contributed by atoms with E-state index in [1.165, 1.54) is 30.5 Å². The molecule has 2 N–H and O–H groups in total. The van der Waals surface area contributed by atoms with Gasteiger partial charge in [-0.2, -0.15) is 0 Å². The molecular weight excluding hydrogens is 421 g/mol. The highest BCUT2D eigenvalue weighted by atomic mass is 32.2. The molecule has 2 aromatic carbocycles. The third-order valence-electron chi connectivity index (χ3n) is 4.27. The molecule has 0 unspecified atom stereocenters. The molecule has 1 aromatic heterocycles. The first-order valence-electron chi connectivity index (χ1n) is 9.68. The summed E-state index contributed by atoms with van der Waals surface area (Å²) in [6.07, 6.45) is 3.34. The molecule has 3 aromatic rings. The van der Waals surface area contributed by atoms with Crippen molar-refractivity contribution in [3.8, 4) is 11.6 Å². The van der Waals surface area contributed by atoms with E-state index in [0.717, 1.165) is 25.0 Å². The van der Waals surface area contributed by atoms with Gasteiger partial charge in [0.1, 0.15) is 11.6 Å². The molecule has 31 heavy (non-hydrogen) atoms. The minimum atomic E-state index is -3.83. The number of aromatic nitrogens is 1. The van der Waals surface area contributed by atoms with E-state index in [0.29, 0.717) is 29.4 Å². The molecule has 0 aliphatic heterocycles. The number of nitrogens with one attached hydrogen (secondary N) is 2. The molecule has 0 atom stereocenters. The zero-order chi connectivity index (χ0) is 22.3. The number of carbonyl (C=O) groups is 1. The van der Waals surface area contributed by atoms with Gasteiger partial charge in [-0.05, 0) is 61.0 Å². The number of halogens is 1. The fourth-order valence-electron chi connectivity index (χ4n) is 2.60. The lowest BCUT2D eigenvalue weighted by Gasteiger charge is -2.10. The van der Waals surface area contributed by atoms with Gasteiger partial charge in [0, 0.05) is 24.5 Å². The molecule has 0 radical (unpaired) electrons. The Kier molecular flexibility index (Phi) is 7.19. The minimum Gasteiger partial charge on any atom is -0.439 e. The number of pyridine rings is 1. The Morgan fingerprint density at radius 2 is 1.74 bits per heavy atom. The molecular formula is C22H22FN3O4S. The fourth-order valence-corrected chi connectivity index (χ4v) is 3.65. The molecule has 1 heterocycles. The van der Waals surface area contributed by atoms with Crippen LogP contribution in [0.1, 0.15) is 30.1 Å². The molecule has 7 nitrogen and oxygen atoms in total. The van der Waals surface area contributed by atoms with Crippen LogP contribution in [0.4, 0.5) is 10.1 Å². The Morgan fingerprint density at radius 3 is 2.35 bits per heavy atom. The van der Waals surface area contributed by atoms with E-state index in [1.807, 2.05) is 6.92 Å². The van der Waals surface area contributed by atoms with Gasteiger partial charge in [-0.25, -0.2) is 17.8 Å². The predicted octanol–water partition coefficient (Wildman–Crippen LogP) is 4.34. The highest BCUT2D eigenvalue weighted by molar-refractivity contribution is 7.92. The number of benzene rings is 2. The van der Waals surface area contributed by atoms with Gasteiger partial charge in [0.2, 0.25) is 5.88 Å². The summed E-state index contributed by atoms with van der Waals surface area (Å²) in [5.74, 6) is 0.0339. The number of hydrogen-bond acceptors (Lipinski definition) is 5. The number of hydrogen-bond donors (Lipinski definition) is 2. The van der Waals surface area contributed by atoms with Crippen molar-refractivity contribution in [2.75, 3.05) is 11.3 Å². The highest BCUT2D eigenvalue weighted by Crippen LogP contribution is 2.23. The van der Waals surface area contributed by atoms with Crippen LogP contribution < -0.4 is 14.8 Å². The molecule has 0 spiro atoms. The van der Waals surface area contributed by atoms with Crippen LogP contribution in [0.25, 0.3) is 0 Å². The average molecular weight is 444 g/mol. The van der Waals surface area contributed by atoms with Crippen molar-refractivity contribution < 1.29 is 22.3 Å². The van der Waals surface area contributed by atoms with E-state index in [2.05, 4.69) is 15.0 Å². The van der Waals surface area contributed by atoms with Gasteiger partial charge in [0.05, 0.1) is 10.5 Å². The van der Waals surface area contributed by atoms with Crippen LogP contribution in [-0.4, -0.2) is 25.9 Å². The zero-order valence-electron chi connectivity index (χ0n) is 16.8. The Morgan fingerprint density at radius 1 is 1.03 bits per heavy atom. The predicted molar refractivity (Wildman–Crippen MR) is 115 cm³/mol. The third-order valence-corrected chi connectivity index (χ3v) is 5.66. The summed E-state index contributed by atoms with van der Waals surface area (Å²) >= 11 is 0. The van der Waals surface area contributed by atoms with Crippen LogP contribution in [0.5, 0.6) is 11.6 Å². The normalized spacial score (nSPS) is 11.0. The first kappa shape index (κ1) is 22.2. The molecule has 3 rings (SSSR count). The van der Waals surface area contributed by atoms with Crippen LogP contribution in [0, 0.1) is 5.82 Å². The van der Waals surface area contributed by atoms with Crippen molar-refractivity contribution in [1.29, 1.82) is 0 Å². The van der Waals surface area contributed by atoms with Crippen molar-refractivity contribution in [2.45, 2.75) is 24.7 Å². The van der Waals surface area contributed by atoms with Crippen molar-refractivity contribution >= 4 is 21.6 Å². The van der Waals surface area contributed by atoms with Gasteiger partial charge in [-0.1, -0.05) is 13.3 Å². The lowest BCUT2D eigenvalue weighted by molar-refractivity contribution is 0.0952. The number of unbranched alkanes of at least 4 members (excludes halogenated alkanes) is 1. The summed E-state index contributed by atoms with van der Waals surface area (Å²) < 4.78 is 45.8. The first-order chi connectivity index (χ1) is 14.9. The Hall–Kier alpha value is -3.46. The number of amides is 1. The minimum absolute atomic E-state index is 0.0442. The Labute approximate surface area is 180 Å². The summed E-state index contributed by atoms with van der Waals surface area (Å²) in [6.45, 7) is 2.66. The number of sulfonamides is 1. The second-order valence-electron chi connectivity index (χ2n) is 6.68. The first-order valence-corrected chi connectivity index (χ1v) is 11.2. The number of nitrogens with zero attached hydrogens (tertiary/aromatic N) is 1. The van der Waals surface area contributed by atoms with Gasteiger partial charge in [0.25, 0.3) is 15.9 Å². The molecule has 1 amide bonds. The molecule has 0 aliphatic carbocycles. The van der Waals surface area contributed by atoms with E-state index in [4.69, 9.17) is 4.74 Å². The SMILES string of the molecule is CCCCNC(=O)c1ccc(Oc2ccc(NS(=O)(=O)c3ccc(F)cc3)cc2)nc1. The van der Waals surface area contributed by atoms with Gasteiger partial charge >= 0.3 is 0 Å². The van der Waals surface area contributed by atoms with Crippen LogP contribution >= 0.6 is 0 Å². The molecule has 0 fully saturated rings. The van der Waals surface area contributed by atoms with E-state index in [9.17, 15) is 17.6 Å². The highest BCUT2D eigenvalue weighted by Gasteiger charge is 2.14. The second-order valence-corrected chi connectivity index (χ2v) is 8.36. The van der Waals surface area contributed by atoms with Crippen molar-refractivity contribution in [2.24, 2.45) is 0 Å². The second kappa shape index (κ2) is 10.0. The lowest BCUT2D eigenvalue weighted by Crippen LogP contribution is -2.24. The maximum Gasteiger partial charge on any atom is 0.261 e. The summed E-state index contributed by atoms with van der Waals surface area (Å²) in [5.41, 5.74) is 0.762. The van der Waals surface area contributed by atoms with Gasteiger partial charge in [0.15, 0.2) is 0 Å². The fraction of sp³-hybridized carbons (Fsp3) is 0.182. The lowest BCUT2D eigenvalue weighted by atomic mass is 10.2.